The highest BCUT2D eigenvalue weighted by atomic mass is 35.5. The van der Waals surface area contributed by atoms with E-state index in [0.717, 1.165) is 11.1 Å². The minimum atomic E-state index is -4.14. The molecule has 1 aromatic heterocycles. The number of primary amides is 1. The maximum absolute atomic E-state index is 13.0. The van der Waals surface area contributed by atoms with Gasteiger partial charge in [-0.1, -0.05) is 55.5 Å². The zero-order valence-electron chi connectivity index (χ0n) is 22.3. The van der Waals surface area contributed by atoms with E-state index in [1.54, 1.807) is 30.3 Å². The van der Waals surface area contributed by atoms with E-state index in [1.165, 1.54) is 12.1 Å². The number of ketones is 1. The maximum Gasteiger partial charge on any atom is 0.289 e. The van der Waals surface area contributed by atoms with Gasteiger partial charge in [-0.25, -0.2) is 13.1 Å². The Morgan fingerprint density at radius 1 is 0.927 bits per heavy atom. The van der Waals surface area contributed by atoms with Gasteiger partial charge in [-0.3, -0.25) is 14.4 Å². The summed E-state index contributed by atoms with van der Waals surface area (Å²) in [5, 5.41) is 0.324. The van der Waals surface area contributed by atoms with Crippen LogP contribution in [0.3, 0.4) is 0 Å². The lowest BCUT2D eigenvalue weighted by Crippen LogP contribution is -2.34. The fraction of sp³-hybridized carbons (Fsp3) is 0.207. The lowest BCUT2D eigenvalue weighted by Gasteiger charge is -2.11. The van der Waals surface area contributed by atoms with Gasteiger partial charge in [0.25, 0.3) is 27.6 Å². The van der Waals surface area contributed by atoms with Crippen LogP contribution in [0, 0.1) is 0 Å². The summed E-state index contributed by atoms with van der Waals surface area (Å²) in [6.45, 7) is 2.04. The van der Waals surface area contributed by atoms with Gasteiger partial charge < -0.3 is 20.8 Å². The zero-order chi connectivity index (χ0) is 28.9. The molecule has 4 aromatic rings. The first kappa shape index (κ1) is 31.3. The summed E-state index contributed by atoms with van der Waals surface area (Å²) >= 11 is 0. The summed E-state index contributed by atoms with van der Waals surface area (Å²) in [6, 6.07) is 20.6. The maximum atomic E-state index is 13.0. The number of nitrogens with two attached hydrogens (primary N) is 2. The van der Waals surface area contributed by atoms with Crippen LogP contribution in [0.15, 0.2) is 77.7 Å². The summed E-state index contributed by atoms with van der Waals surface area (Å²) < 4.78 is 35.0. The molecule has 216 valence electrons. The molecule has 0 spiro atoms. The molecule has 0 aliphatic rings. The standard InChI is InChI=1S/C29H30N4O6S.ClH/c1-2-22-27(28(35)29(31)36)26-23(33(22)17-20-7-4-3-5-8-20)9-6-10-24(26)39-18-25(34)32-40(37,38)21-13-11-19(12-14-21)15-16-30;/h3-14H,2,15-18,30H2,1H3,(H2,31,36)(H,32,34);1H. The summed E-state index contributed by atoms with van der Waals surface area (Å²) in [5.41, 5.74) is 14.1. The molecule has 0 aliphatic carbocycles. The Bertz CT molecular complexity index is 1670. The van der Waals surface area contributed by atoms with Crippen LogP contribution in [0.4, 0.5) is 0 Å². The minimum Gasteiger partial charge on any atom is -0.483 e. The monoisotopic (exact) mass is 598 g/mol. The SMILES string of the molecule is CCc1c(C(=O)C(N)=O)c2c(OCC(=O)NS(=O)(=O)c3ccc(CCN)cc3)cccc2n1Cc1ccccc1.Cl. The number of Topliss-reactive ketones (excluding diaryl/α,β-unsaturated/α-hetero) is 1. The van der Waals surface area contributed by atoms with E-state index in [2.05, 4.69) is 0 Å². The number of ether oxygens (including phenoxy) is 1. The summed E-state index contributed by atoms with van der Waals surface area (Å²) in [6.07, 6.45) is 1.01. The number of nitrogens with zero attached hydrogens (tertiary/aromatic N) is 1. The Labute approximate surface area is 244 Å². The van der Waals surface area contributed by atoms with Crippen molar-refractivity contribution >= 4 is 50.9 Å². The lowest BCUT2D eigenvalue weighted by atomic mass is 10.0. The van der Waals surface area contributed by atoms with E-state index in [-0.39, 0.29) is 28.6 Å². The van der Waals surface area contributed by atoms with Crippen LogP contribution in [0.2, 0.25) is 0 Å². The molecule has 2 amide bonds. The van der Waals surface area contributed by atoms with Gasteiger partial charge in [0, 0.05) is 12.2 Å². The number of halogens is 1. The Morgan fingerprint density at radius 3 is 2.22 bits per heavy atom. The van der Waals surface area contributed by atoms with Crippen LogP contribution < -0.4 is 20.9 Å². The number of hydrogen-bond donors (Lipinski definition) is 3. The van der Waals surface area contributed by atoms with E-state index in [4.69, 9.17) is 16.2 Å². The normalized spacial score (nSPS) is 11.1. The molecule has 0 saturated heterocycles. The molecule has 12 heteroatoms. The number of carbonyl (C=O) groups excluding carboxylic acids is 3. The van der Waals surface area contributed by atoms with Gasteiger partial charge in [0.05, 0.1) is 21.4 Å². The van der Waals surface area contributed by atoms with Crippen molar-refractivity contribution in [3.8, 4) is 5.75 Å². The third-order valence-electron chi connectivity index (χ3n) is 6.40. The third kappa shape index (κ3) is 6.94. The highest BCUT2D eigenvalue weighted by Crippen LogP contribution is 2.35. The molecule has 0 unspecified atom stereocenters. The van der Waals surface area contributed by atoms with Crippen LogP contribution in [-0.4, -0.2) is 43.7 Å². The highest BCUT2D eigenvalue weighted by molar-refractivity contribution is 7.90. The first-order valence-corrected chi connectivity index (χ1v) is 14.1. The van der Waals surface area contributed by atoms with Crippen molar-refractivity contribution in [2.45, 2.75) is 31.2 Å². The number of hydrogen-bond acceptors (Lipinski definition) is 7. The Morgan fingerprint density at radius 2 is 1.61 bits per heavy atom. The van der Waals surface area contributed by atoms with Crippen molar-refractivity contribution in [2.24, 2.45) is 11.5 Å². The highest BCUT2D eigenvalue weighted by Gasteiger charge is 2.27. The van der Waals surface area contributed by atoms with Gasteiger partial charge >= 0.3 is 0 Å². The van der Waals surface area contributed by atoms with E-state index in [9.17, 15) is 22.8 Å². The predicted octanol–water partition coefficient (Wildman–Crippen LogP) is 2.73. The summed E-state index contributed by atoms with van der Waals surface area (Å²) in [7, 11) is -4.14. The van der Waals surface area contributed by atoms with Crippen LogP contribution in [0.5, 0.6) is 5.75 Å². The quantitative estimate of drug-likeness (QED) is 0.167. The zero-order valence-corrected chi connectivity index (χ0v) is 24.0. The fourth-order valence-corrected chi connectivity index (χ4v) is 5.58. The average Bonchev–Trinajstić information content (AvgIpc) is 3.25. The Kier molecular flexibility index (Phi) is 10.3. The molecule has 0 radical (unpaired) electrons. The first-order chi connectivity index (χ1) is 19.2. The largest absolute Gasteiger partial charge is 0.483 e. The molecular weight excluding hydrogens is 568 g/mol. The molecule has 4 rings (SSSR count). The van der Waals surface area contributed by atoms with Gasteiger partial charge in [0.15, 0.2) is 6.61 Å². The van der Waals surface area contributed by atoms with Crippen molar-refractivity contribution < 1.29 is 27.5 Å². The minimum absolute atomic E-state index is 0. The number of benzene rings is 3. The lowest BCUT2D eigenvalue weighted by molar-refractivity contribution is -0.121. The van der Waals surface area contributed by atoms with Gasteiger partial charge in [-0.2, -0.15) is 0 Å². The molecule has 41 heavy (non-hydrogen) atoms. The second-order valence-corrected chi connectivity index (χ2v) is 10.8. The van der Waals surface area contributed by atoms with Gasteiger partial charge in [-0.05, 0) is 54.8 Å². The number of amides is 2. The molecule has 0 aliphatic heterocycles. The molecule has 0 atom stereocenters. The molecule has 3 aromatic carbocycles. The molecule has 0 saturated carbocycles. The number of rotatable bonds is 12. The van der Waals surface area contributed by atoms with Crippen LogP contribution in [0.1, 0.15) is 34.1 Å². The predicted molar refractivity (Wildman–Crippen MR) is 158 cm³/mol. The Balaban J connectivity index is 0.00000462. The van der Waals surface area contributed by atoms with Crippen molar-refractivity contribution in [2.75, 3.05) is 13.2 Å². The first-order valence-electron chi connectivity index (χ1n) is 12.7. The van der Waals surface area contributed by atoms with Crippen LogP contribution >= 0.6 is 12.4 Å². The van der Waals surface area contributed by atoms with Crippen LogP contribution in [0.25, 0.3) is 10.9 Å². The second-order valence-electron chi connectivity index (χ2n) is 9.09. The van der Waals surface area contributed by atoms with E-state index >= 15 is 0 Å². The van der Waals surface area contributed by atoms with Gasteiger partial charge in [-0.15, -0.1) is 12.4 Å². The average molecular weight is 599 g/mol. The van der Waals surface area contributed by atoms with Crippen LogP contribution in [-0.2, 0) is 39.0 Å². The second kappa shape index (κ2) is 13.4. The van der Waals surface area contributed by atoms with Gasteiger partial charge in [0.1, 0.15) is 5.75 Å². The third-order valence-corrected chi connectivity index (χ3v) is 7.79. The molecule has 5 N–H and O–H groups in total. The molecule has 0 bridgehead atoms. The number of sulfonamides is 1. The number of fused-ring (bicyclic) bond motifs is 1. The van der Waals surface area contributed by atoms with Crippen molar-refractivity contribution in [3.63, 3.8) is 0 Å². The van der Waals surface area contributed by atoms with Crippen molar-refractivity contribution in [1.82, 2.24) is 9.29 Å². The summed E-state index contributed by atoms with van der Waals surface area (Å²) in [5.74, 6) is -2.77. The molecule has 0 fully saturated rings. The number of aromatic nitrogens is 1. The number of carbonyl (C=O) groups is 3. The fourth-order valence-electron chi connectivity index (χ4n) is 4.61. The van der Waals surface area contributed by atoms with E-state index < -0.39 is 34.2 Å². The topological polar surface area (TPSA) is 164 Å². The smallest absolute Gasteiger partial charge is 0.289 e. The molecule has 1 heterocycles. The van der Waals surface area contributed by atoms with Crippen molar-refractivity contribution in [3.05, 3.63) is 95.2 Å². The summed E-state index contributed by atoms with van der Waals surface area (Å²) in [4.78, 5) is 37.5. The van der Waals surface area contributed by atoms with E-state index in [1.807, 2.05) is 46.5 Å². The number of nitrogens with one attached hydrogen (secondary N) is 1. The van der Waals surface area contributed by atoms with E-state index in [0.29, 0.717) is 42.5 Å². The van der Waals surface area contributed by atoms with Gasteiger partial charge in [0.2, 0.25) is 0 Å². The molecular formula is C29H31ClN4O6S. The van der Waals surface area contributed by atoms with Crippen molar-refractivity contribution in [1.29, 1.82) is 0 Å². The Hall–Kier alpha value is -4.19. The molecule has 10 nitrogen and oxygen atoms in total.